The average molecular weight is 564 g/mol. The molecule has 0 radical (unpaired) electrons. The minimum Gasteiger partial charge on any atom is -0.393 e. The first-order valence-electron chi connectivity index (χ1n) is 14.7. The summed E-state index contributed by atoms with van der Waals surface area (Å²) < 4.78 is 32.1. The van der Waals surface area contributed by atoms with Crippen LogP contribution >= 0.6 is 0 Å². The Bertz CT molecular complexity index is 1190. The first-order chi connectivity index (χ1) is 18.2. The standard InChI is InChI=1S/C30H45NO7S/c1-17(7-10-27(35)31-19-5-4-6-21(15-19)39(36,37)38)22-8-9-23-28-24(16-26(34)30(22,23)3)29(2)12-11-20(32)13-18(29)14-25(28)33/h4-6,15,17-18,20,22-26,28,32-34H,7-14,16H2,1-3H3,(H,31,35)(H,36,37,38)/t17-,18+,20-,22-,23+,24+,25-,26+,28+,29+,30-/m1/s1. The maximum atomic E-state index is 12.7. The fraction of sp³-hybridized carbons (Fsp3) is 0.767. The van der Waals surface area contributed by atoms with Crippen molar-refractivity contribution >= 4 is 21.7 Å². The molecule has 8 nitrogen and oxygen atoms in total. The summed E-state index contributed by atoms with van der Waals surface area (Å²) in [4.78, 5) is 12.5. The van der Waals surface area contributed by atoms with Crippen molar-refractivity contribution in [1.82, 2.24) is 0 Å². The molecule has 0 saturated heterocycles. The molecule has 0 unspecified atom stereocenters. The summed E-state index contributed by atoms with van der Waals surface area (Å²) in [7, 11) is -4.35. The van der Waals surface area contributed by atoms with Crippen molar-refractivity contribution in [2.45, 2.75) is 102 Å². The van der Waals surface area contributed by atoms with Crippen LogP contribution in [0.1, 0.15) is 78.6 Å². The molecule has 1 amide bonds. The Kier molecular flexibility index (Phi) is 7.72. The van der Waals surface area contributed by atoms with E-state index in [-0.39, 0.29) is 63.7 Å². The number of nitrogens with one attached hydrogen (secondary N) is 1. The molecule has 0 aromatic heterocycles. The van der Waals surface area contributed by atoms with Gasteiger partial charge in [0.05, 0.1) is 23.2 Å². The lowest BCUT2D eigenvalue weighted by Gasteiger charge is -2.63. The number of carbonyl (C=O) groups excluding carboxylic acids is 1. The molecule has 5 rings (SSSR count). The summed E-state index contributed by atoms with van der Waals surface area (Å²) in [6.07, 6.45) is 5.59. The van der Waals surface area contributed by atoms with Crippen molar-refractivity contribution in [3.63, 3.8) is 0 Å². The van der Waals surface area contributed by atoms with Gasteiger partial charge in [-0.25, -0.2) is 0 Å². The third kappa shape index (κ3) is 5.07. The molecule has 4 saturated carbocycles. The van der Waals surface area contributed by atoms with Gasteiger partial charge in [0.15, 0.2) is 0 Å². The lowest BCUT2D eigenvalue weighted by atomic mass is 9.43. The van der Waals surface area contributed by atoms with Crippen LogP contribution in [-0.2, 0) is 14.9 Å². The fourth-order valence-corrected chi connectivity index (χ4v) is 10.2. The zero-order valence-corrected chi connectivity index (χ0v) is 24.1. The second-order valence-electron chi connectivity index (χ2n) is 13.6. The number of aliphatic hydroxyl groups excluding tert-OH is 3. The van der Waals surface area contributed by atoms with Gasteiger partial charge >= 0.3 is 0 Å². The van der Waals surface area contributed by atoms with Gasteiger partial charge in [-0.15, -0.1) is 0 Å². The first kappa shape index (κ1) is 29.0. The molecule has 0 heterocycles. The lowest BCUT2D eigenvalue weighted by Crippen LogP contribution is -2.62. The van der Waals surface area contributed by atoms with Gasteiger partial charge in [-0.05, 0) is 116 Å². The van der Waals surface area contributed by atoms with E-state index in [2.05, 4.69) is 26.1 Å². The molecule has 4 fully saturated rings. The normalized spacial score (nSPS) is 42.6. The van der Waals surface area contributed by atoms with E-state index in [0.29, 0.717) is 24.4 Å². The molecule has 1 aromatic carbocycles. The Labute approximate surface area is 232 Å². The van der Waals surface area contributed by atoms with Gasteiger partial charge in [-0.1, -0.05) is 26.8 Å². The van der Waals surface area contributed by atoms with Crippen LogP contribution in [-0.4, -0.2) is 52.5 Å². The van der Waals surface area contributed by atoms with Crippen molar-refractivity contribution in [2.24, 2.45) is 46.3 Å². The fourth-order valence-electron chi connectivity index (χ4n) is 9.65. The van der Waals surface area contributed by atoms with E-state index in [9.17, 15) is 33.1 Å². The van der Waals surface area contributed by atoms with Crippen LogP contribution in [0.15, 0.2) is 29.2 Å². The number of hydrogen-bond acceptors (Lipinski definition) is 6. The Morgan fingerprint density at radius 3 is 2.54 bits per heavy atom. The predicted octanol–water partition coefficient (Wildman–Crippen LogP) is 4.25. The van der Waals surface area contributed by atoms with Gasteiger partial charge in [0.2, 0.25) is 5.91 Å². The number of fused-ring (bicyclic) bond motifs is 5. The first-order valence-corrected chi connectivity index (χ1v) is 16.1. The van der Waals surface area contributed by atoms with E-state index in [1.807, 2.05) is 0 Å². The summed E-state index contributed by atoms with van der Waals surface area (Å²) in [5.74, 6) is 1.14. The highest BCUT2D eigenvalue weighted by atomic mass is 32.2. The van der Waals surface area contributed by atoms with Crippen molar-refractivity contribution in [3.05, 3.63) is 24.3 Å². The SMILES string of the molecule is C[C@H](CCC(=O)Nc1cccc(S(=O)(=O)O)c1)[C@H]1CC[C@H]2[C@@H]3[C@H](O)C[C@@H]4C[C@H](O)CC[C@]4(C)[C@H]3C[C@H](O)[C@]12C. The number of carbonyl (C=O) groups is 1. The lowest BCUT2D eigenvalue weighted by molar-refractivity contribution is -0.207. The van der Waals surface area contributed by atoms with Gasteiger partial charge in [-0.2, -0.15) is 8.42 Å². The largest absolute Gasteiger partial charge is 0.393 e. The van der Waals surface area contributed by atoms with E-state index >= 15 is 0 Å². The Balaban J connectivity index is 1.26. The highest BCUT2D eigenvalue weighted by Gasteiger charge is 2.65. The quantitative estimate of drug-likeness (QED) is 0.326. The predicted molar refractivity (Wildman–Crippen MR) is 147 cm³/mol. The zero-order chi connectivity index (χ0) is 28.3. The van der Waals surface area contributed by atoms with Crippen LogP contribution in [0.5, 0.6) is 0 Å². The van der Waals surface area contributed by atoms with Gasteiger partial charge < -0.3 is 20.6 Å². The molecule has 0 spiro atoms. The number of benzene rings is 1. The molecule has 11 atom stereocenters. The molecule has 9 heteroatoms. The number of rotatable bonds is 6. The van der Waals surface area contributed by atoms with E-state index in [1.54, 1.807) is 6.07 Å². The Morgan fingerprint density at radius 1 is 1.08 bits per heavy atom. The molecule has 1 aromatic rings. The topological polar surface area (TPSA) is 144 Å². The van der Waals surface area contributed by atoms with Crippen molar-refractivity contribution in [2.75, 3.05) is 5.32 Å². The van der Waals surface area contributed by atoms with Crippen LogP contribution in [0.3, 0.4) is 0 Å². The van der Waals surface area contributed by atoms with Crippen LogP contribution in [0, 0.1) is 46.3 Å². The van der Waals surface area contributed by atoms with Crippen LogP contribution in [0.4, 0.5) is 5.69 Å². The van der Waals surface area contributed by atoms with E-state index in [0.717, 1.165) is 38.5 Å². The molecule has 39 heavy (non-hydrogen) atoms. The maximum Gasteiger partial charge on any atom is 0.294 e. The molecular weight excluding hydrogens is 518 g/mol. The van der Waals surface area contributed by atoms with Crippen LogP contribution < -0.4 is 5.32 Å². The highest BCUT2D eigenvalue weighted by Crippen LogP contribution is 2.68. The summed E-state index contributed by atoms with van der Waals surface area (Å²) in [6, 6.07) is 5.56. The summed E-state index contributed by atoms with van der Waals surface area (Å²) in [5.41, 5.74) is 0.0387. The molecule has 4 aliphatic carbocycles. The number of hydrogen-bond donors (Lipinski definition) is 5. The molecular formula is C30H45NO7S. The second kappa shape index (κ2) is 10.4. The third-order valence-corrected chi connectivity index (χ3v) is 12.6. The monoisotopic (exact) mass is 563 g/mol. The Hall–Kier alpha value is -1.52. The van der Waals surface area contributed by atoms with E-state index in [1.165, 1.54) is 18.2 Å². The van der Waals surface area contributed by atoms with Gasteiger partial charge in [0, 0.05) is 12.1 Å². The van der Waals surface area contributed by atoms with E-state index < -0.39 is 22.3 Å². The average Bonchev–Trinajstić information content (AvgIpc) is 3.22. The smallest absolute Gasteiger partial charge is 0.294 e. The van der Waals surface area contributed by atoms with Crippen molar-refractivity contribution < 1.29 is 33.1 Å². The maximum absolute atomic E-state index is 12.7. The summed E-state index contributed by atoms with van der Waals surface area (Å²) in [5, 5.41) is 36.2. The number of anilines is 1. The number of amides is 1. The third-order valence-electron chi connectivity index (χ3n) is 11.8. The summed E-state index contributed by atoms with van der Waals surface area (Å²) in [6.45, 7) is 6.70. The Morgan fingerprint density at radius 2 is 1.82 bits per heavy atom. The molecule has 4 aliphatic rings. The van der Waals surface area contributed by atoms with Gasteiger partial charge in [-0.3, -0.25) is 9.35 Å². The minimum absolute atomic E-state index is 0.0416. The summed E-state index contributed by atoms with van der Waals surface area (Å²) >= 11 is 0. The van der Waals surface area contributed by atoms with Crippen molar-refractivity contribution in [3.8, 4) is 0 Å². The number of aliphatic hydroxyl groups is 3. The van der Waals surface area contributed by atoms with Crippen LogP contribution in [0.2, 0.25) is 0 Å². The molecule has 218 valence electrons. The highest BCUT2D eigenvalue weighted by molar-refractivity contribution is 7.85. The minimum atomic E-state index is -4.35. The van der Waals surface area contributed by atoms with Crippen LogP contribution in [0.25, 0.3) is 0 Å². The zero-order valence-electron chi connectivity index (χ0n) is 23.3. The van der Waals surface area contributed by atoms with Gasteiger partial charge in [0.1, 0.15) is 0 Å². The molecule has 0 aliphatic heterocycles. The molecule has 0 bridgehead atoms. The van der Waals surface area contributed by atoms with Gasteiger partial charge in [0.25, 0.3) is 10.1 Å². The van der Waals surface area contributed by atoms with E-state index in [4.69, 9.17) is 0 Å². The molecule has 5 N–H and O–H groups in total. The van der Waals surface area contributed by atoms with Crippen molar-refractivity contribution in [1.29, 1.82) is 0 Å². The second-order valence-corrected chi connectivity index (χ2v) is 15.0.